The molecule has 0 saturated carbocycles. The van der Waals surface area contributed by atoms with Crippen molar-refractivity contribution in [2.45, 2.75) is 32.2 Å². The van der Waals surface area contributed by atoms with E-state index in [1.165, 1.54) is 11.1 Å². The molecule has 1 N–H and O–H groups in total. The summed E-state index contributed by atoms with van der Waals surface area (Å²) in [6.45, 7) is 11.1. The minimum atomic E-state index is -0.0291. The van der Waals surface area contributed by atoms with Crippen LogP contribution in [0.1, 0.15) is 48.3 Å². The van der Waals surface area contributed by atoms with Gasteiger partial charge in [-0.3, -0.25) is 9.69 Å². The first kappa shape index (κ1) is 21.8. The summed E-state index contributed by atoms with van der Waals surface area (Å²) in [4.78, 5) is 17.6. The van der Waals surface area contributed by atoms with Gasteiger partial charge in [-0.2, -0.15) is 0 Å². The maximum absolute atomic E-state index is 12.8. The molecule has 1 atom stereocenters. The minimum absolute atomic E-state index is 0.0291. The van der Waals surface area contributed by atoms with Crippen LogP contribution in [-0.2, 0) is 5.41 Å². The molecule has 0 spiro atoms. The first-order chi connectivity index (χ1) is 13.7. The highest BCUT2D eigenvalue weighted by atomic mass is 35.5. The van der Waals surface area contributed by atoms with Gasteiger partial charge in [0.1, 0.15) is 0 Å². The van der Waals surface area contributed by atoms with E-state index in [1.54, 1.807) is 0 Å². The van der Waals surface area contributed by atoms with Gasteiger partial charge in [-0.15, -0.1) is 0 Å². The molecule has 29 heavy (non-hydrogen) atoms. The predicted octanol–water partition coefficient (Wildman–Crippen LogP) is 4.36. The number of piperazine rings is 1. The van der Waals surface area contributed by atoms with E-state index in [0.29, 0.717) is 12.1 Å². The lowest BCUT2D eigenvalue weighted by Crippen LogP contribution is -2.48. The van der Waals surface area contributed by atoms with Crippen LogP contribution < -0.4 is 5.32 Å². The van der Waals surface area contributed by atoms with E-state index in [-0.39, 0.29) is 17.4 Å². The van der Waals surface area contributed by atoms with Gasteiger partial charge in [0.15, 0.2) is 0 Å². The highest BCUT2D eigenvalue weighted by Crippen LogP contribution is 2.24. The fourth-order valence-corrected chi connectivity index (χ4v) is 3.82. The summed E-state index contributed by atoms with van der Waals surface area (Å²) in [6, 6.07) is 16.0. The third-order valence-corrected chi connectivity index (χ3v) is 5.95. The van der Waals surface area contributed by atoms with Crippen LogP contribution in [0.5, 0.6) is 0 Å². The van der Waals surface area contributed by atoms with Crippen molar-refractivity contribution in [3.05, 3.63) is 70.2 Å². The van der Waals surface area contributed by atoms with Crippen LogP contribution in [0.4, 0.5) is 0 Å². The van der Waals surface area contributed by atoms with Crippen molar-refractivity contribution in [2.75, 3.05) is 39.8 Å². The number of halogens is 1. The summed E-state index contributed by atoms with van der Waals surface area (Å²) in [6.07, 6.45) is 0. The second kappa shape index (κ2) is 9.29. The summed E-state index contributed by atoms with van der Waals surface area (Å²) < 4.78 is 0. The number of benzene rings is 2. The largest absolute Gasteiger partial charge is 0.350 e. The van der Waals surface area contributed by atoms with E-state index in [9.17, 15) is 4.79 Å². The lowest BCUT2D eigenvalue weighted by Gasteiger charge is -2.38. The number of rotatable bonds is 5. The van der Waals surface area contributed by atoms with Crippen LogP contribution in [0.25, 0.3) is 0 Å². The Morgan fingerprint density at radius 3 is 2.14 bits per heavy atom. The second-order valence-electron chi connectivity index (χ2n) is 8.94. The van der Waals surface area contributed by atoms with E-state index in [2.05, 4.69) is 55.1 Å². The van der Waals surface area contributed by atoms with Gasteiger partial charge < -0.3 is 10.2 Å². The quantitative estimate of drug-likeness (QED) is 0.791. The number of likely N-dealkylation sites (N-methyl/N-ethyl adjacent to an activating group) is 1. The molecular formula is C24H32ClN3O. The molecule has 1 amide bonds. The maximum atomic E-state index is 12.8. The zero-order chi connectivity index (χ0) is 21.0. The average molecular weight is 414 g/mol. The Bertz CT molecular complexity index is 804. The van der Waals surface area contributed by atoms with Gasteiger partial charge in [0.05, 0.1) is 6.04 Å². The fraction of sp³-hybridized carbons (Fsp3) is 0.458. The standard InChI is InChI=1S/C24H32ClN3O/c1-24(2,3)20-9-5-19(6-10-20)23(29)26-17-22(18-7-11-21(25)12-8-18)28-15-13-27(4)14-16-28/h5-12,22H,13-17H2,1-4H3,(H,26,29)/t22-/m0/s1. The van der Waals surface area contributed by atoms with Gasteiger partial charge in [-0.25, -0.2) is 0 Å². The predicted molar refractivity (Wildman–Crippen MR) is 121 cm³/mol. The van der Waals surface area contributed by atoms with E-state index in [1.807, 2.05) is 36.4 Å². The minimum Gasteiger partial charge on any atom is -0.350 e. The fourth-order valence-electron chi connectivity index (χ4n) is 3.69. The lowest BCUT2D eigenvalue weighted by atomic mass is 9.87. The zero-order valence-corrected chi connectivity index (χ0v) is 18.7. The third kappa shape index (κ3) is 5.81. The van der Waals surface area contributed by atoms with Crippen LogP contribution in [0.3, 0.4) is 0 Å². The Morgan fingerprint density at radius 2 is 1.59 bits per heavy atom. The van der Waals surface area contributed by atoms with Crippen molar-refractivity contribution >= 4 is 17.5 Å². The summed E-state index contributed by atoms with van der Waals surface area (Å²) in [5, 5.41) is 3.88. The summed E-state index contributed by atoms with van der Waals surface area (Å²) in [5.74, 6) is -0.0291. The van der Waals surface area contributed by atoms with Gasteiger partial charge in [-0.1, -0.05) is 56.6 Å². The van der Waals surface area contributed by atoms with Gasteiger partial charge >= 0.3 is 0 Å². The molecule has 1 saturated heterocycles. The number of amides is 1. The van der Waals surface area contributed by atoms with E-state index in [4.69, 9.17) is 11.6 Å². The number of hydrogen-bond donors (Lipinski definition) is 1. The van der Waals surface area contributed by atoms with Crippen LogP contribution in [0, 0.1) is 0 Å². The molecule has 2 aromatic carbocycles. The Hall–Kier alpha value is -1.88. The Labute approximate surface area is 179 Å². The highest BCUT2D eigenvalue weighted by Gasteiger charge is 2.24. The van der Waals surface area contributed by atoms with Crippen LogP contribution in [-0.4, -0.2) is 55.5 Å². The molecule has 0 radical (unpaired) electrons. The number of carbonyl (C=O) groups is 1. The van der Waals surface area contributed by atoms with Crippen LogP contribution in [0.15, 0.2) is 48.5 Å². The first-order valence-corrected chi connectivity index (χ1v) is 10.7. The van der Waals surface area contributed by atoms with Crippen LogP contribution in [0.2, 0.25) is 5.02 Å². The van der Waals surface area contributed by atoms with E-state index in [0.717, 1.165) is 31.2 Å². The molecule has 2 aromatic rings. The third-order valence-electron chi connectivity index (χ3n) is 5.70. The Morgan fingerprint density at radius 1 is 1.00 bits per heavy atom. The molecule has 1 aliphatic rings. The molecule has 3 rings (SSSR count). The van der Waals surface area contributed by atoms with Gasteiger partial charge in [0.25, 0.3) is 5.91 Å². The monoisotopic (exact) mass is 413 g/mol. The molecule has 5 heteroatoms. The van der Waals surface area contributed by atoms with Crippen molar-refractivity contribution in [1.29, 1.82) is 0 Å². The van der Waals surface area contributed by atoms with E-state index < -0.39 is 0 Å². The van der Waals surface area contributed by atoms with Gasteiger partial charge in [-0.05, 0) is 47.9 Å². The average Bonchev–Trinajstić information content (AvgIpc) is 2.70. The Kier molecular flexibility index (Phi) is 6.99. The summed E-state index contributed by atoms with van der Waals surface area (Å²) >= 11 is 6.08. The van der Waals surface area contributed by atoms with Crippen molar-refractivity contribution in [2.24, 2.45) is 0 Å². The number of nitrogens with zero attached hydrogens (tertiary/aromatic N) is 2. The zero-order valence-electron chi connectivity index (χ0n) is 17.9. The van der Waals surface area contributed by atoms with Crippen molar-refractivity contribution < 1.29 is 4.79 Å². The Balaban J connectivity index is 1.70. The molecule has 1 heterocycles. The van der Waals surface area contributed by atoms with Crippen LogP contribution >= 0.6 is 11.6 Å². The SMILES string of the molecule is CN1CCN([C@@H](CNC(=O)c2ccc(C(C)(C)C)cc2)c2ccc(Cl)cc2)CC1. The molecule has 1 fully saturated rings. The van der Waals surface area contributed by atoms with Crippen molar-refractivity contribution in [3.8, 4) is 0 Å². The molecule has 156 valence electrons. The highest BCUT2D eigenvalue weighted by molar-refractivity contribution is 6.30. The van der Waals surface area contributed by atoms with E-state index >= 15 is 0 Å². The molecule has 0 aromatic heterocycles. The van der Waals surface area contributed by atoms with Gasteiger partial charge in [0, 0.05) is 43.3 Å². The normalized spacial score (nSPS) is 17.1. The summed E-state index contributed by atoms with van der Waals surface area (Å²) in [7, 11) is 2.15. The lowest BCUT2D eigenvalue weighted by molar-refractivity contribution is 0.0886. The first-order valence-electron chi connectivity index (χ1n) is 10.3. The summed E-state index contributed by atoms with van der Waals surface area (Å²) in [5.41, 5.74) is 3.19. The number of nitrogens with one attached hydrogen (secondary N) is 1. The van der Waals surface area contributed by atoms with Crippen molar-refractivity contribution in [1.82, 2.24) is 15.1 Å². The molecule has 0 unspecified atom stereocenters. The second-order valence-corrected chi connectivity index (χ2v) is 9.38. The maximum Gasteiger partial charge on any atom is 0.251 e. The van der Waals surface area contributed by atoms with Crippen molar-refractivity contribution in [3.63, 3.8) is 0 Å². The van der Waals surface area contributed by atoms with Gasteiger partial charge in [0.2, 0.25) is 0 Å². The molecule has 4 nitrogen and oxygen atoms in total. The number of carbonyl (C=O) groups excluding carboxylic acids is 1. The smallest absolute Gasteiger partial charge is 0.251 e. The molecule has 0 aliphatic carbocycles. The molecule has 0 bridgehead atoms. The topological polar surface area (TPSA) is 35.6 Å². The molecular weight excluding hydrogens is 382 g/mol. The number of hydrogen-bond acceptors (Lipinski definition) is 3. The molecule has 1 aliphatic heterocycles.